The van der Waals surface area contributed by atoms with Crippen molar-refractivity contribution in [2.75, 3.05) is 13.2 Å². The van der Waals surface area contributed by atoms with Crippen LogP contribution in [0.4, 0.5) is 0 Å². The van der Waals surface area contributed by atoms with E-state index in [2.05, 4.69) is 18.0 Å². The Hall–Kier alpha value is -0.890. The van der Waals surface area contributed by atoms with Gasteiger partial charge in [0.2, 0.25) is 0 Å². The van der Waals surface area contributed by atoms with Crippen LogP contribution >= 0.6 is 0 Å². The summed E-state index contributed by atoms with van der Waals surface area (Å²) in [6, 6.07) is 6.08. The quantitative estimate of drug-likeness (QED) is 0.574. The van der Waals surface area contributed by atoms with Gasteiger partial charge in [-0.15, -0.1) is 0 Å². The van der Waals surface area contributed by atoms with E-state index in [1.807, 2.05) is 18.3 Å². The Morgan fingerprint density at radius 2 is 1.82 bits per heavy atom. The first-order chi connectivity index (χ1) is 8.43. The highest BCUT2D eigenvalue weighted by Crippen LogP contribution is 2.02. The van der Waals surface area contributed by atoms with Gasteiger partial charge in [-0.2, -0.15) is 0 Å². The van der Waals surface area contributed by atoms with Crippen molar-refractivity contribution in [2.45, 2.75) is 44.9 Å². The molecular weight excluding hydrogens is 210 g/mol. The summed E-state index contributed by atoms with van der Waals surface area (Å²) >= 11 is 0. The topological polar surface area (TPSA) is 22.1 Å². The number of hydrogen-bond acceptors (Lipinski definition) is 2. The van der Waals surface area contributed by atoms with Crippen molar-refractivity contribution in [1.29, 1.82) is 0 Å². The second-order valence-corrected chi connectivity index (χ2v) is 4.30. The number of rotatable bonds is 10. The Morgan fingerprint density at radius 1 is 1.00 bits per heavy atom. The van der Waals surface area contributed by atoms with Crippen molar-refractivity contribution in [3.63, 3.8) is 0 Å². The van der Waals surface area contributed by atoms with Crippen LogP contribution < -0.4 is 0 Å². The van der Waals surface area contributed by atoms with Gasteiger partial charge in [0, 0.05) is 25.1 Å². The molecule has 0 aliphatic carbocycles. The maximum Gasteiger partial charge on any atom is 0.0466 e. The molecule has 1 aromatic heterocycles. The van der Waals surface area contributed by atoms with Crippen LogP contribution in [0, 0.1) is 6.92 Å². The highest BCUT2D eigenvalue weighted by atomic mass is 16.5. The monoisotopic (exact) mass is 234 g/mol. The number of aryl methyl sites for hydroxylation is 1. The first kappa shape index (κ1) is 14.2. The van der Waals surface area contributed by atoms with Gasteiger partial charge >= 0.3 is 0 Å². The molecule has 0 N–H and O–H groups in total. The van der Waals surface area contributed by atoms with E-state index < -0.39 is 0 Å². The number of aromatic nitrogens is 1. The smallest absolute Gasteiger partial charge is 0.0466 e. The molecule has 0 bridgehead atoms. The van der Waals surface area contributed by atoms with E-state index in [1.165, 1.54) is 25.0 Å². The van der Waals surface area contributed by atoms with Crippen LogP contribution in [-0.2, 0) is 11.2 Å². The van der Waals surface area contributed by atoms with E-state index >= 15 is 0 Å². The number of ether oxygens (including phenoxy) is 1. The summed E-state index contributed by atoms with van der Waals surface area (Å²) in [5.74, 6) is 0. The van der Waals surface area contributed by atoms with E-state index in [1.54, 1.807) is 0 Å². The molecule has 0 atom stereocenters. The van der Waals surface area contributed by atoms with Crippen LogP contribution in [-0.4, -0.2) is 18.2 Å². The molecule has 2 heteroatoms. The Morgan fingerprint density at radius 3 is 2.53 bits per heavy atom. The van der Waals surface area contributed by atoms with Gasteiger partial charge in [0.15, 0.2) is 0 Å². The molecule has 2 nitrogen and oxygen atoms in total. The highest BCUT2D eigenvalue weighted by molar-refractivity contribution is 5.03. The summed E-state index contributed by atoms with van der Waals surface area (Å²) in [5, 5.41) is 0. The summed E-state index contributed by atoms with van der Waals surface area (Å²) in [6.07, 6.45) is 9.90. The molecule has 95 valence electrons. The van der Waals surface area contributed by atoms with Crippen LogP contribution in [0.3, 0.4) is 0 Å². The van der Waals surface area contributed by atoms with Crippen molar-refractivity contribution in [3.8, 4) is 0 Å². The molecule has 17 heavy (non-hydrogen) atoms. The molecule has 1 aromatic rings. The van der Waals surface area contributed by atoms with Crippen LogP contribution in [0.15, 0.2) is 24.4 Å². The van der Waals surface area contributed by atoms with Gasteiger partial charge in [0.1, 0.15) is 0 Å². The number of nitrogens with zero attached hydrogens (tertiary/aromatic N) is 1. The fourth-order valence-corrected chi connectivity index (χ4v) is 1.72. The number of pyridine rings is 1. The Bertz CT molecular complexity index is 261. The van der Waals surface area contributed by atoms with Crippen molar-refractivity contribution >= 4 is 0 Å². The Labute approximate surface area is 105 Å². The summed E-state index contributed by atoms with van der Waals surface area (Å²) in [6.45, 7) is 5.62. The van der Waals surface area contributed by atoms with Crippen molar-refractivity contribution in [2.24, 2.45) is 0 Å². The minimum atomic E-state index is 0.886. The molecule has 0 aromatic carbocycles. The molecule has 0 saturated carbocycles. The zero-order valence-corrected chi connectivity index (χ0v) is 10.7. The Kier molecular flexibility index (Phi) is 8.57. The van der Waals surface area contributed by atoms with Crippen molar-refractivity contribution in [1.82, 2.24) is 4.98 Å². The number of unbranched alkanes of at least 4 members (excludes halogenated alkanes) is 4. The summed E-state index contributed by atoms with van der Waals surface area (Å²) in [7, 11) is 0. The van der Waals surface area contributed by atoms with E-state index in [-0.39, 0.29) is 0 Å². The van der Waals surface area contributed by atoms with E-state index in [0.717, 1.165) is 38.9 Å². The third-order valence-corrected chi connectivity index (χ3v) is 2.74. The van der Waals surface area contributed by atoms with E-state index in [9.17, 15) is 0 Å². The lowest BCUT2D eigenvalue weighted by molar-refractivity contribution is 0.126. The molecule has 0 fully saturated rings. The molecular formula is C15H24NO. The maximum atomic E-state index is 5.58. The molecule has 1 radical (unpaired) electrons. The SMILES string of the molecule is [CH2]CCCCCOCCCCc1ccccn1. The summed E-state index contributed by atoms with van der Waals surface area (Å²) in [4.78, 5) is 4.30. The lowest BCUT2D eigenvalue weighted by Gasteiger charge is -2.04. The van der Waals surface area contributed by atoms with Gasteiger partial charge in [0.05, 0.1) is 0 Å². The van der Waals surface area contributed by atoms with E-state index in [4.69, 9.17) is 4.74 Å². The Balaban J connectivity index is 1.85. The predicted molar refractivity (Wildman–Crippen MR) is 71.8 cm³/mol. The molecule has 1 heterocycles. The van der Waals surface area contributed by atoms with Gasteiger partial charge in [-0.05, 0) is 37.8 Å². The predicted octanol–water partition coefficient (Wildman–Crippen LogP) is 3.82. The zero-order chi connectivity index (χ0) is 12.2. The summed E-state index contributed by atoms with van der Waals surface area (Å²) < 4.78 is 5.58. The average Bonchev–Trinajstić information content (AvgIpc) is 2.38. The largest absolute Gasteiger partial charge is 0.381 e. The minimum absolute atomic E-state index is 0.886. The van der Waals surface area contributed by atoms with Crippen LogP contribution in [0.5, 0.6) is 0 Å². The molecule has 0 saturated heterocycles. The lowest BCUT2D eigenvalue weighted by Crippen LogP contribution is -1.98. The number of hydrogen-bond donors (Lipinski definition) is 0. The average molecular weight is 234 g/mol. The van der Waals surface area contributed by atoms with Gasteiger partial charge in [0.25, 0.3) is 0 Å². The second-order valence-electron chi connectivity index (χ2n) is 4.30. The maximum absolute atomic E-state index is 5.58. The lowest BCUT2D eigenvalue weighted by atomic mass is 10.2. The van der Waals surface area contributed by atoms with Gasteiger partial charge in [-0.1, -0.05) is 32.3 Å². The van der Waals surface area contributed by atoms with Gasteiger partial charge in [-0.3, -0.25) is 4.98 Å². The molecule has 0 amide bonds. The standard InChI is InChI=1S/C15H24NO/c1-2-3-4-8-13-17-14-9-6-11-15-10-5-7-12-16-15/h5,7,10,12H,1-4,6,8-9,11,13-14H2. The second kappa shape index (κ2) is 10.3. The first-order valence-electron chi connectivity index (χ1n) is 6.70. The normalized spacial score (nSPS) is 10.6. The van der Waals surface area contributed by atoms with Gasteiger partial charge < -0.3 is 4.74 Å². The molecule has 0 aliphatic heterocycles. The molecule has 0 spiro atoms. The minimum Gasteiger partial charge on any atom is -0.381 e. The van der Waals surface area contributed by atoms with Gasteiger partial charge in [-0.25, -0.2) is 0 Å². The first-order valence-corrected chi connectivity index (χ1v) is 6.70. The van der Waals surface area contributed by atoms with Crippen LogP contribution in [0.1, 0.15) is 44.2 Å². The fourth-order valence-electron chi connectivity index (χ4n) is 1.72. The third kappa shape index (κ3) is 7.92. The van der Waals surface area contributed by atoms with Crippen LogP contribution in [0.2, 0.25) is 0 Å². The molecule has 0 aliphatic rings. The van der Waals surface area contributed by atoms with E-state index in [0.29, 0.717) is 0 Å². The van der Waals surface area contributed by atoms with Crippen LogP contribution in [0.25, 0.3) is 0 Å². The highest BCUT2D eigenvalue weighted by Gasteiger charge is 1.94. The molecule has 1 rings (SSSR count). The van der Waals surface area contributed by atoms with Crippen molar-refractivity contribution < 1.29 is 4.74 Å². The van der Waals surface area contributed by atoms with Crippen molar-refractivity contribution in [3.05, 3.63) is 37.0 Å². The zero-order valence-electron chi connectivity index (χ0n) is 10.7. The fraction of sp³-hybridized carbons (Fsp3) is 0.600. The third-order valence-electron chi connectivity index (χ3n) is 2.74. The summed E-state index contributed by atoms with van der Waals surface area (Å²) in [5.41, 5.74) is 1.18. The molecule has 0 unspecified atom stereocenters.